The molecule has 3 rings (SSSR count). The minimum atomic E-state index is -3.48. The van der Waals surface area contributed by atoms with E-state index in [1.54, 1.807) is 29.4 Å². The van der Waals surface area contributed by atoms with Crippen LogP contribution in [0.5, 0.6) is 0 Å². The van der Waals surface area contributed by atoms with Gasteiger partial charge < -0.3 is 5.73 Å². The summed E-state index contributed by atoms with van der Waals surface area (Å²) in [5, 5.41) is 0.454. The highest BCUT2D eigenvalue weighted by atomic mass is 35.5. The van der Waals surface area contributed by atoms with Gasteiger partial charge >= 0.3 is 0 Å². The van der Waals surface area contributed by atoms with E-state index in [2.05, 4.69) is 0 Å². The molecule has 0 spiro atoms. The van der Waals surface area contributed by atoms with E-state index in [1.165, 1.54) is 0 Å². The molecule has 0 saturated carbocycles. The van der Waals surface area contributed by atoms with E-state index in [0.717, 1.165) is 31.2 Å². The third kappa shape index (κ3) is 2.26. The molecule has 2 bridgehead atoms. The van der Waals surface area contributed by atoms with Gasteiger partial charge in [-0.15, -0.1) is 0 Å². The first kappa shape index (κ1) is 14.3. The molecule has 0 aliphatic carbocycles. The van der Waals surface area contributed by atoms with Crippen molar-refractivity contribution in [1.82, 2.24) is 4.31 Å². The Bertz CT molecular complexity index is 618. The van der Waals surface area contributed by atoms with Crippen LogP contribution in [0.4, 0.5) is 0 Å². The Morgan fingerprint density at radius 1 is 1.25 bits per heavy atom. The van der Waals surface area contributed by atoms with E-state index in [9.17, 15) is 8.42 Å². The number of fused-ring (bicyclic) bond motifs is 2. The van der Waals surface area contributed by atoms with Gasteiger partial charge in [-0.2, -0.15) is 4.31 Å². The molecule has 2 N–H and O–H groups in total. The molecule has 2 unspecified atom stereocenters. The summed E-state index contributed by atoms with van der Waals surface area (Å²) in [4.78, 5) is 0.331. The molecule has 2 heterocycles. The number of hydrogen-bond donors (Lipinski definition) is 1. The van der Waals surface area contributed by atoms with Crippen LogP contribution in [-0.2, 0) is 10.0 Å². The summed E-state index contributed by atoms with van der Waals surface area (Å²) in [6.45, 7) is 1.81. The topological polar surface area (TPSA) is 63.4 Å². The van der Waals surface area contributed by atoms with E-state index in [0.29, 0.717) is 9.92 Å². The highest BCUT2D eigenvalue weighted by Gasteiger charge is 2.46. The second-order valence-electron chi connectivity index (χ2n) is 5.86. The average Bonchev–Trinajstić information content (AvgIpc) is 2.66. The van der Waals surface area contributed by atoms with Crippen molar-refractivity contribution in [2.75, 3.05) is 0 Å². The van der Waals surface area contributed by atoms with Gasteiger partial charge in [-0.25, -0.2) is 8.42 Å². The summed E-state index contributed by atoms with van der Waals surface area (Å²) in [6.07, 6.45) is 3.35. The molecule has 0 radical (unpaired) electrons. The smallest absolute Gasteiger partial charge is 0.243 e. The van der Waals surface area contributed by atoms with Crippen LogP contribution in [0.2, 0.25) is 5.02 Å². The van der Waals surface area contributed by atoms with Crippen LogP contribution in [0.25, 0.3) is 0 Å². The first-order valence-corrected chi connectivity index (χ1v) is 8.76. The number of piperidine rings is 1. The maximum absolute atomic E-state index is 13.0. The van der Waals surface area contributed by atoms with Crippen LogP contribution in [0.3, 0.4) is 0 Å². The monoisotopic (exact) mass is 314 g/mol. The molecule has 1 aromatic rings. The molecular formula is C14H19ClN2O2S. The normalized spacial score (nSPS) is 30.6. The molecule has 2 atom stereocenters. The maximum atomic E-state index is 13.0. The van der Waals surface area contributed by atoms with Crippen molar-refractivity contribution in [2.45, 2.75) is 55.6 Å². The maximum Gasteiger partial charge on any atom is 0.243 e. The van der Waals surface area contributed by atoms with Crippen LogP contribution in [-0.4, -0.2) is 30.8 Å². The Balaban J connectivity index is 2.03. The van der Waals surface area contributed by atoms with Crippen molar-refractivity contribution in [1.29, 1.82) is 0 Å². The number of nitrogens with two attached hydrogens (primary N) is 1. The average molecular weight is 315 g/mol. The highest BCUT2D eigenvalue weighted by molar-refractivity contribution is 7.89. The van der Waals surface area contributed by atoms with E-state index in [1.807, 2.05) is 0 Å². The zero-order chi connectivity index (χ0) is 14.5. The highest BCUT2D eigenvalue weighted by Crippen LogP contribution is 2.40. The molecular weight excluding hydrogens is 296 g/mol. The van der Waals surface area contributed by atoms with Gasteiger partial charge in [0.2, 0.25) is 10.0 Å². The van der Waals surface area contributed by atoms with Gasteiger partial charge in [0, 0.05) is 23.1 Å². The van der Waals surface area contributed by atoms with E-state index < -0.39 is 10.0 Å². The molecule has 110 valence electrons. The fraction of sp³-hybridized carbons (Fsp3) is 0.571. The quantitative estimate of drug-likeness (QED) is 0.911. The number of halogens is 1. The Morgan fingerprint density at radius 2 is 1.85 bits per heavy atom. The van der Waals surface area contributed by atoms with E-state index in [4.69, 9.17) is 17.3 Å². The van der Waals surface area contributed by atoms with Gasteiger partial charge in [-0.05, 0) is 50.3 Å². The van der Waals surface area contributed by atoms with Crippen molar-refractivity contribution >= 4 is 21.6 Å². The van der Waals surface area contributed by atoms with Crippen molar-refractivity contribution in [3.63, 3.8) is 0 Å². The molecule has 0 amide bonds. The lowest BCUT2D eigenvalue weighted by Crippen LogP contribution is -2.50. The Morgan fingerprint density at radius 3 is 2.45 bits per heavy atom. The van der Waals surface area contributed by atoms with Crippen molar-refractivity contribution < 1.29 is 8.42 Å². The number of sulfonamides is 1. The minimum Gasteiger partial charge on any atom is -0.328 e. The standard InChI is InChI=1S/C14H19ClN2O2S/c1-9-2-3-10(15)6-14(9)20(18,19)17-12-4-5-13(17)8-11(16)7-12/h2-3,6,11-13H,4-5,7-8,16H2,1H3. The van der Waals surface area contributed by atoms with Gasteiger partial charge in [-0.3, -0.25) is 0 Å². The summed E-state index contributed by atoms with van der Waals surface area (Å²) in [7, 11) is -3.48. The fourth-order valence-corrected chi connectivity index (χ4v) is 5.92. The zero-order valence-corrected chi connectivity index (χ0v) is 13.0. The van der Waals surface area contributed by atoms with Gasteiger partial charge in [0.05, 0.1) is 4.90 Å². The van der Waals surface area contributed by atoms with Gasteiger partial charge in [0.1, 0.15) is 0 Å². The minimum absolute atomic E-state index is 0.0483. The van der Waals surface area contributed by atoms with Crippen LogP contribution in [0.1, 0.15) is 31.2 Å². The van der Waals surface area contributed by atoms with E-state index in [-0.39, 0.29) is 18.1 Å². The molecule has 2 aliphatic heterocycles. The first-order chi connectivity index (χ1) is 9.39. The van der Waals surface area contributed by atoms with Gasteiger partial charge in [0.15, 0.2) is 0 Å². The van der Waals surface area contributed by atoms with Gasteiger partial charge in [0.25, 0.3) is 0 Å². The number of nitrogens with zero attached hydrogens (tertiary/aromatic N) is 1. The largest absolute Gasteiger partial charge is 0.328 e. The SMILES string of the molecule is Cc1ccc(Cl)cc1S(=O)(=O)N1C2CCC1CC(N)C2. The third-order valence-corrected chi connectivity index (χ3v) is 6.79. The third-order valence-electron chi connectivity index (χ3n) is 4.41. The predicted octanol–water partition coefficient (Wildman–Crippen LogP) is 2.29. The fourth-order valence-electron chi connectivity index (χ4n) is 3.53. The number of hydrogen-bond acceptors (Lipinski definition) is 3. The summed E-state index contributed by atoms with van der Waals surface area (Å²) in [5.74, 6) is 0. The number of aryl methyl sites for hydroxylation is 1. The Kier molecular flexibility index (Phi) is 3.57. The van der Waals surface area contributed by atoms with Crippen molar-refractivity contribution in [2.24, 2.45) is 5.73 Å². The predicted molar refractivity (Wildman–Crippen MR) is 79.2 cm³/mol. The van der Waals surface area contributed by atoms with Crippen LogP contribution < -0.4 is 5.73 Å². The molecule has 6 heteroatoms. The lowest BCUT2D eigenvalue weighted by Gasteiger charge is -2.36. The summed E-state index contributed by atoms with van der Waals surface area (Å²) in [6, 6.07) is 5.25. The zero-order valence-electron chi connectivity index (χ0n) is 11.4. The molecule has 2 aliphatic rings. The number of benzene rings is 1. The van der Waals surface area contributed by atoms with Crippen LogP contribution in [0, 0.1) is 6.92 Å². The second kappa shape index (κ2) is 4.98. The molecule has 4 nitrogen and oxygen atoms in total. The van der Waals surface area contributed by atoms with Crippen LogP contribution >= 0.6 is 11.6 Å². The molecule has 1 aromatic carbocycles. The van der Waals surface area contributed by atoms with Crippen molar-refractivity contribution in [3.05, 3.63) is 28.8 Å². The summed E-state index contributed by atoms with van der Waals surface area (Å²) in [5.41, 5.74) is 6.75. The molecule has 0 aromatic heterocycles. The lowest BCUT2D eigenvalue weighted by atomic mass is 10.0. The first-order valence-electron chi connectivity index (χ1n) is 6.95. The molecule has 2 saturated heterocycles. The van der Waals surface area contributed by atoms with Gasteiger partial charge in [-0.1, -0.05) is 17.7 Å². The summed E-state index contributed by atoms with van der Waals surface area (Å²) < 4.78 is 27.6. The van der Waals surface area contributed by atoms with Crippen molar-refractivity contribution in [3.8, 4) is 0 Å². The second-order valence-corrected chi connectivity index (χ2v) is 8.11. The molecule has 2 fully saturated rings. The lowest BCUT2D eigenvalue weighted by molar-refractivity contribution is 0.227. The van der Waals surface area contributed by atoms with E-state index >= 15 is 0 Å². The summed E-state index contributed by atoms with van der Waals surface area (Å²) >= 11 is 5.97. The Hall–Kier alpha value is -0.620. The van der Waals surface area contributed by atoms with Crippen LogP contribution in [0.15, 0.2) is 23.1 Å². The molecule has 20 heavy (non-hydrogen) atoms. The Labute approximate surface area is 125 Å². The number of rotatable bonds is 2.